The molecule has 0 amide bonds. The predicted molar refractivity (Wildman–Crippen MR) is 61.9 cm³/mol. The molecule has 0 fully saturated rings. The first-order chi connectivity index (χ1) is 8.13. The number of hydrogen-bond donors (Lipinski definition) is 2. The van der Waals surface area contributed by atoms with Crippen molar-refractivity contribution < 1.29 is 9.90 Å². The van der Waals surface area contributed by atoms with Gasteiger partial charge in [-0.2, -0.15) is 5.26 Å². The SMILES string of the molecule is N#Cc1cccn1-c1ccc(C(=O)O)c(N)c1. The summed E-state index contributed by atoms with van der Waals surface area (Å²) in [5.74, 6) is -1.07. The van der Waals surface area contributed by atoms with Crippen LogP contribution in [0.25, 0.3) is 5.69 Å². The molecule has 1 heterocycles. The third-order valence-corrected chi connectivity index (χ3v) is 2.41. The van der Waals surface area contributed by atoms with E-state index >= 15 is 0 Å². The standard InChI is InChI=1S/C12H9N3O2/c13-7-9-2-1-5-15(9)8-3-4-10(12(16)17)11(14)6-8/h1-6H,14H2,(H,16,17). The summed E-state index contributed by atoms with van der Waals surface area (Å²) >= 11 is 0. The second-order valence-corrected chi connectivity index (χ2v) is 3.45. The molecule has 0 atom stereocenters. The Kier molecular flexibility index (Phi) is 2.55. The summed E-state index contributed by atoms with van der Waals surface area (Å²) in [6, 6.07) is 10.0. The number of aromatic carboxylic acids is 1. The molecule has 2 aromatic rings. The van der Waals surface area contributed by atoms with Crippen LogP contribution in [0.15, 0.2) is 36.5 Å². The van der Waals surface area contributed by atoms with Gasteiger partial charge in [-0.15, -0.1) is 0 Å². The molecule has 0 saturated heterocycles. The highest BCUT2D eigenvalue weighted by atomic mass is 16.4. The minimum atomic E-state index is -1.07. The number of carboxylic acids is 1. The Morgan fingerprint density at radius 3 is 2.76 bits per heavy atom. The van der Waals surface area contributed by atoms with Gasteiger partial charge in [0, 0.05) is 17.6 Å². The van der Waals surface area contributed by atoms with Crippen LogP contribution in [-0.2, 0) is 0 Å². The van der Waals surface area contributed by atoms with Gasteiger partial charge in [-0.05, 0) is 30.3 Å². The Morgan fingerprint density at radius 1 is 1.41 bits per heavy atom. The molecule has 1 aromatic heterocycles. The smallest absolute Gasteiger partial charge is 0.337 e. The third kappa shape index (κ3) is 1.84. The Morgan fingerprint density at radius 2 is 2.18 bits per heavy atom. The van der Waals surface area contributed by atoms with Crippen LogP contribution in [0.5, 0.6) is 0 Å². The van der Waals surface area contributed by atoms with Gasteiger partial charge in [-0.1, -0.05) is 0 Å². The van der Waals surface area contributed by atoms with Crippen molar-refractivity contribution in [2.75, 3.05) is 5.73 Å². The topological polar surface area (TPSA) is 92.0 Å². The van der Waals surface area contributed by atoms with Crippen LogP contribution in [-0.4, -0.2) is 15.6 Å². The van der Waals surface area contributed by atoms with E-state index in [9.17, 15) is 4.79 Å². The molecule has 0 radical (unpaired) electrons. The summed E-state index contributed by atoms with van der Waals surface area (Å²) < 4.78 is 1.64. The van der Waals surface area contributed by atoms with E-state index in [1.165, 1.54) is 12.1 Å². The van der Waals surface area contributed by atoms with Gasteiger partial charge in [0.05, 0.1) is 5.56 Å². The Hall–Kier alpha value is -2.74. The van der Waals surface area contributed by atoms with Crippen LogP contribution in [0.1, 0.15) is 16.1 Å². The molecule has 0 aliphatic carbocycles. The van der Waals surface area contributed by atoms with E-state index in [4.69, 9.17) is 16.1 Å². The zero-order valence-corrected chi connectivity index (χ0v) is 8.79. The number of nitrogens with two attached hydrogens (primary N) is 1. The second kappa shape index (κ2) is 4.02. The molecular formula is C12H9N3O2. The monoisotopic (exact) mass is 227 g/mol. The molecule has 17 heavy (non-hydrogen) atoms. The van der Waals surface area contributed by atoms with E-state index in [0.29, 0.717) is 11.4 Å². The van der Waals surface area contributed by atoms with Gasteiger partial charge in [0.15, 0.2) is 0 Å². The molecular weight excluding hydrogens is 218 g/mol. The number of nitriles is 1. The van der Waals surface area contributed by atoms with Gasteiger partial charge in [-0.25, -0.2) is 4.79 Å². The first kappa shape index (κ1) is 10.8. The van der Waals surface area contributed by atoms with Crippen molar-refractivity contribution in [3.63, 3.8) is 0 Å². The van der Waals surface area contributed by atoms with Crippen molar-refractivity contribution in [1.29, 1.82) is 5.26 Å². The van der Waals surface area contributed by atoms with Crippen molar-refractivity contribution in [3.8, 4) is 11.8 Å². The van der Waals surface area contributed by atoms with Crippen molar-refractivity contribution >= 4 is 11.7 Å². The lowest BCUT2D eigenvalue weighted by atomic mass is 10.1. The van der Waals surface area contributed by atoms with E-state index in [1.54, 1.807) is 29.0 Å². The molecule has 0 saturated carbocycles. The molecule has 84 valence electrons. The fourth-order valence-electron chi connectivity index (χ4n) is 1.59. The average molecular weight is 227 g/mol. The lowest BCUT2D eigenvalue weighted by Gasteiger charge is -2.07. The number of nitrogens with zero attached hydrogens (tertiary/aromatic N) is 2. The largest absolute Gasteiger partial charge is 0.478 e. The van der Waals surface area contributed by atoms with Gasteiger partial charge < -0.3 is 15.4 Å². The maximum Gasteiger partial charge on any atom is 0.337 e. The number of carbonyl (C=O) groups is 1. The van der Waals surface area contributed by atoms with Gasteiger partial charge >= 0.3 is 5.97 Å². The summed E-state index contributed by atoms with van der Waals surface area (Å²) in [5, 5.41) is 17.7. The molecule has 3 N–H and O–H groups in total. The van der Waals surface area contributed by atoms with Crippen LogP contribution in [0.2, 0.25) is 0 Å². The first-order valence-corrected chi connectivity index (χ1v) is 4.84. The Balaban J connectivity index is 2.53. The van der Waals surface area contributed by atoms with Gasteiger partial charge in [0.1, 0.15) is 11.8 Å². The summed E-state index contributed by atoms with van der Waals surface area (Å²) in [6.07, 6.45) is 1.72. The highest BCUT2D eigenvalue weighted by Crippen LogP contribution is 2.19. The number of rotatable bonds is 2. The average Bonchev–Trinajstić information content (AvgIpc) is 2.76. The summed E-state index contributed by atoms with van der Waals surface area (Å²) in [5.41, 5.74) is 7.00. The van der Waals surface area contributed by atoms with E-state index in [1.807, 2.05) is 6.07 Å². The third-order valence-electron chi connectivity index (χ3n) is 2.41. The van der Waals surface area contributed by atoms with E-state index in [2.05, 4.69) is 0 Å². The molecule has 0 spiro atoms. The minimum absolute atomic E-state index is 0.0550. The van der Waals surface area contributed by atoms with Gasteiger partial charge in [0.2, 0.25) is 0 Å². The highest BCUT2D eigenvalue weighted by Gasteiger charge is 2.09. The fraction of sp³-hybridized carbons (Fsp3) is 0. The maximum atomic E-state index is 10.8. The van der Waals surface area contributed by atoms with Crippen LogP contribution < -0.4 is 5.73 Å². The molecule has 0 aliphatic rings. The summed E-state index contributed by atoms with van der Waals surface area (Å²) in [4.78, 5) is 10.8. The predicted octanol–water partition coefficient (Wildman–Crippen LogP) is 1.63. The number of nitrogen functional groups attached to an aromatic ring is 1. The van der Waals surface area contributed by atoms with E-state index < -0.39 is 5.97 Å². The quantitative estimate of drug-likeness (QED) is 0.762. The molecule has 0 unspecified atom stereocenters. The zero-order valence-electron chi connectivity index (χ0n) is 8.79. The van der Waals surface area contributed by atoms with Crippen LogP contribution in [0.3, 0.4) is 0 Å². The molecule has 2 rings (SSSR count). The Bertz CT molecular complexity index is 623. The van der Waals surface area contributed by atoms with Crippen LogP contribution in [0.4, 0.5) is 5.69 Å². The summed E-state index contributed by atoms with van der Waals surface area (Å²) in [7, 11) is 0. The number of benzene rings is 1. The zero-order chi connectivity index (χ0) is 12.4. The van der Waals surface area contributed by atoms with E-state index in [-0.39, 0.29) is 11.3 Å². The van der Waals surface area contributed by atoms with Crippen molar-refractivity contribution in [3.05, 3.63) is 47.8 Å². The number of aromatic nitrogens is 1. The number of carboxylic acid groups (broad SMARTS) is 1. The fourth-order valence-corrected chi connectivity index (χ4v) is 1.59. The molecule has 0 bridgehead atoms. The summed E-state index contributed by atoms with van der Waals surface area (Å²) in [6.45, 7) is 0. The molecule has 0 aliphatic heterocycles. The second-order valence-electron chi connectivity index (χ2n) is 3.45. The van der Waals surface area contributed by atoms with Gasteiger partial charge in [0.25, 0.3) is 0 Å². The number of anilines is 1. The van der Waals surface area contributed by atoms with Crippen LogP contribution in [0, 0.1) is 11.3 Å². The van der Waals surface area contributed by atoms with Crippen molar-refractivity contribution in [2.45, 2.75) is 0 Å². The van der Waals surface area contributed by atoms with Crippen molar-refractivity contribution in [2.24, 2.45) is 0 Å². The van der Waals surface area contributed by atoms with E-state index in [0.717, 1.165) is 0 Å². The minimum Gasteiger partial charge on any atom is -0.478 e. The maximum absolute atomic E-state index is 10.8. The first-order valence-electron chi connectivity index (χ1n) is 4.84. The Labute approximate surface area is 97.3 Å². The molecule has 1 aromatic carbocycles. The highest BCUT2D eigenvalue weighted by molar-refractivity contribution is 5.94. The normalized spacial score (nSPS) is 9.82. The lowest BCUT2D eigenvalue weighted by Crippen LogP contribution is -2.04. The lowest BCUT2D eigenvalue weighted by molar-refractivity contribution is 0.0698. The van der Waals surface area contributed by atoms with Gasteiger partial charge in [-0.3, -0.25) is 0 Å². The molecule has 5 heteroatoms. The van der Waals surface area contributed by atoms with Crippen LogP contribution >= 0.6 is 0 Å². The number of hydrogen-bond acceptors (Lipinski definition) is 3. The molecule has 5 nitrogen and oxygen atoms in total. The van der Waals surface area contributed by atoms with Crippen molar-refractivity contribution in [1.82, 2.24) is 4.57 Å².